The van der Waals surface area contributed by atoms with Crippen LogP contribution in [0.4, 0.5) is 0 Å². The third-order valence-electron chi connectivity index (χ3n) is 4.86. The predicted molar refractivity (Wildman–Crippen MR) is 128 cm³/mol. The van der Waals surface area contributed by atoms with Crippen LogP contribution in [0.2, 0.25) is 0 Å². The molecule has 0 atom stereocenters. The normalized spacial score (nSPS) is 11.5. The lowest BCUT2D eigenvalue weighted by atomic mass is 10.2. The third-order valence-corrected chi connectivity index (χ3v) is 5.35. The summed E-state index contributed by atoms with van der Waals surface area (Å²) in [6.07, 6.45) is 5.19. The molecule has 2 aromatic carbocycles. The molecule has 0 fully saturated rings. The first-order valence-corrected chi connectivity index (χ1v) is 11.1. The number of aryl methyl sites for hydroxylation is 1. The first-order valence-electron chi connectivity index (χ1n) is 10.3. The molecule has 0 aliphatic rings. The van der Waals surface area contributed by atoms with Crippen LogP contribution in [0, 0.1) is 0 Å². The predicted octanol–water partition coefficient (Wildman–Crippen LogP) is 5.18. The maximum absolute atomic E-state index is 13.2. The van der Waals surface area contributed by atoms with Gasteiger partial charge in [0.05, 0.1) is 29.4 Å². The number of rotatable bonds is 7. The fourth-order valence-corrected chi connectivity index (χ4v) is 3.78. The Bertz CT molecular complexity index is 1290. The van der Waals surface area contributed by atoms with Crippen LogP contribution in [0.25, 0.3) is 16.6 Å². The van der Waals surface area contributed by atoms with E-state index in [4.69, 9.17) is 4.74 Å². The molecule has 0 radical (unpaired) electrons. The number of benzene rings is 2. The van der Waals surface area contributed by atoms with Crippen molar-refractivity contribution < 1.29 is 4.74 Å². The van der Waals surface area contributed by atoms with E-state index >= 15 is 0 Å². The molecule has 2 aromatic heterocycles. The van der Waals surface area contributed by atoms with Crippen molar-refractivity contribution in [1.29, 1.82) is 0 Å². The van der Waals surface area contributed by atoms with E-state index in [0.717, 1.165) is 28.0 Å². The highest BCUT2D eigenvalue weighted by molar-refractivity contribution is 9.10. The van der Waals surface area contributed by atoms with Crippen molar-refractivity contribution in [2.45, 2.75) is 26.7 Å². The minimum absolute atomic E-state index is 0.176. The molecular formula is C24H23BrN4O2. The molecule has 31 heavy (non-hydrogen) atoms. The van der Waals surface area contributed by atoms with Gasteiger partial charge in [-0.1, -0.05) is 22.9 Å². The number of hydrogen-bond donors (Lipinski definition) is 0. The number of aromatic nitrogens is 3. The first kappa shape index (κ1) is 21.1. The zero-order valence-electron chi connectivity index (χ0n) is 17.5. The van der Waals surface area contributed by atoms with Crippen molar-refractivity contribution in [3.63, 3.8) is 0 Å². The van der Waals surface area contributed by atoms with Crippen LogP contribution in [-0.4, -0.2) is 27.0 Å². The summed E-state index contributed by atoms with van der Waals surface area (Å²) in [6, 6.07) is 17.3. The van der Waals surface area contributed by atoms with Crippen molar-refractivity contribution in [2.24, 2.45) is 5.10 Å². The zero-order valence-corrected chi connectivity index (χ0v) is 19.0. The van der Waals surface area contributed by atoms with Gasteiger partial charge in [-0.05, 0) is 67.9 Å². The molecule has 0 aliphatic heterocycles. The highest BCUT2D eigenvalue weighted by Crippen LogP contribution is 2.18. The van der Waals surface area contributed by atoms with Crippen LogP contribution in [0.15, 0.2) is 75.2 Å². The Morgan fingerprint density at radius 3 is 2.68 bits per heavy atom. The average Bonchev–Trinajstić information content (AvgIpc) is 3.24. The number of ether oxygens (including phenoxy) is 1. The Morgan fingerprint density at radius 1 is 1.13 bits per heavy atom. The fraction of sp³-hybridized carbons (Fsp3) is 0.208. The van der Waals surface area contributed by atoms with E-state index in [1.165, 1.54) is 4.68 Å². The van der Waals surface area contributed by atoms with E-state index in [0.29, 0.717) is 29.8 Å². The first-order chi connectivity index (χ1) is 15.1. The van der Waals surface area contributed by atoms with Gasteiger partial charge in [0.15, 0.2) is 0 Å². The number of halogens is 1. The summed E-state index contributed by atoms with van der Waals surface area (Å²) >= 11 is 3.43. The second-order valence-electron chi connectivity index (χ2n) is 7.03. The topological polar surface area (TPSA) is 61.4 Å². The molecule has 0 amide bonds. The van der Waals surface area contributed by atoms with E-state index in [-0.39, 0.29) is 5.56 Å². The zero-order chi connectivity index (χ0) is 21.8. The van der Waals surface area contributed by atoms with Crippen molar-refractivity contribution in [2.75, 3.05) is 6.61 Å². The van der Waals surface area contributed by atoms with Crippen LogP contribution in [0.5, 0.6) is 5.75 Å². The van der Waals surface area contributed by atoms with Crippen LogP contribution in [-0.2, 0) is 6.42 Å². The highest BCUT2D eigenvalue weighted by Gasteiger charge is 2.11. The van der Waals surface area contributed by atoms with E-state index in [2.05, 4.69) is 32.9 Å². The van der Waals surface area contributed by atoms with E-state index < -0.39 is 0 Å². The molecule has 0 saturated carbocycles. The Hall–Kier alpha value is -3.19. The molecule has 6 nitrogen and oxygen atoms in total. The summed E-state index contributed by atoms with van der Waals surface area (Å²) < 4.78 is 9.78. The van der Waals surface area contributed by atoms with Gasteiger partial charge >= 0.3 is 0 Å². The Labute approximate surface area is 188 Å². The van der Waals surface area contributed by atoms with Crippen molar-refractivity contribution in [3.05, 3.63) is 87.1 Å². The minimum Gasteiger partial charge on any atom is -0.494 e. The fourth-order valence-electron chi connectivity index (χ4n) is 3.42. The SMILES string of the molecule is CCCc1nc2ccc(Br)cc2c(=O)n1N=Cc1cccn1-c1ccc(OCC)cc1. The number of hydrogen-bond acceptors (Lipinski definition) is 4. The second kappa shape index (κ2) is 9.31. The summed E-state index contributed by atoms with van der Waals surface area (Å²) in [5.74, 6) is 1.48. The third kappa shape index (κ3) is 4.46. The molecule has 0 spiro atoms. The summed E-state index contributed by atoms with van der Waals surface area (Å²) in [6.45, 7) is 4.65. The smallest absolute Gasteiger partial charge is 0.282 e. The largest absolute Gasteiger partial charge is 0.494 e. The van der Waals surface area contributed by atoms with Crippen LogP contribution in [0.3, 0.4) is 0 Å². The van der Waals surface area contributed by atoms with Gasteiger partial charge in [0.1, 0.15) is 11.6 Å². The summed E-state index contributed by atoms with van der Waals surface area (Å²) in [4.78, 5) is 17.8. The van der Waals surface area contributed by atoms with Crippen molar-refractivity contribution in [1.82, 2.24) is 14.2 Å². The van der Waals surface area contributed by atoms with E-state index in [1.54, 1.807) is 12.3 Å². The molecule has 0 bridgehead atoms. The average molecular weight is 479 g/mol. The molecule has 0 saturated heterocycles. The maximum atomic E-state index is 13.2. The van der Waals surface area contributed by atoms with Gasteiger partial charge in [-0.15, -0.1) is 0 Å². The molecule has 0 unspecified atom stereocenters. The van der Waals surface area contributed by atoms with Gasteiger partial charge in [0.2, 0.25) is 0 Å². The summed E-state index contributed by atoms with van der Waals surface area (Å²) in [5.41, 5.74) is 2.34. The summed E-state index contributed by atoms with van der Waals surface area (Å²) in [5, 5.41) is 5.07. The van der Waals surface area contributed by atoms with E-state index in [9.17, 15) is 4.79 Å². The van der Waals surface area contributed by atoms with Crippen LogP contribution in [0.1, 0.15) is 31.8 Å². The Balaban J connectivity index is 1.74. The molecule has 4 rings (SSSR count). The standard InChI is InChI=1S/C24H23BrN4O2/c1-3-6-23-27-22-13-8-17(25)15-21(22)24(30)29(23)26-16-19-7-5-14-28(19)18-9-11-20(12-10-18)31-4-2/h5,7-16H,3-4,6H2,1-2H3. The molecule has 158 valence electrons. The van der Waals surface area contributed by atoms with Gasteiger partial charge < -0.3 is 9.30 Å². The molecular weight excluding hydrogens is 456 g/mol. The van der Waals surface area contributed by atoms with Crippen LogP contribution < -0.4 is 10.3 Å². The molecule has 0 aliphatic carbocycles. The van der Waals surface area contributed by atoms with E-state index in [1.807, 2.05) is 66.2 Å². The summed E-state index contributed by atoms with van der Waals surface area (Å²) in [7, 11) is 0. The van der Waals surface area contributed by atoms with Gasteiger partial charge in [0.25, 0.3) is 5.56 Å². The van der Waals surface area contributed by atoms with Crippen molar-refractivity contribution in [3.8, 4) is 11.4 Å². The molecule has 7 heteroatoms. The molecule has 4 aromatic rings. The minimum atomic E-state index is -0.176. The number of nitrogens with zero attached hydrogens (tertiary/aromatic N) is 4. The maximum Gasteiger partial charge on any atom is 0.282 e. The van der Waals surface area contributed by atoms with Gasteiger partial charge in [0, 0.05) is 22.8 Å². The van der Waals surface area contributed by atoms with Crippen molar-refractivity contribution >= 4 is 33.0 Å². The van der Waals surface area contributed by atoms with Gasteiger partial charge in [-0.25, -0.2) is 4.98 Å². The molecule has 0 N–H and O–H groups in total. The quantitative estimate of drug-likeness (QED) is 0.343. The lowest BCUT2D eigenvalue weighted by Gasteiger charge is -2.10. The lowest BCUT2D eigenvalue weighted by Crippen LogP contribution is -2.22. The second-order valence-corrected chi connectivity index (χ2v) is 7.95. The number of fused-ring (bicyclic) bond motifs is 1. The monoisotopic (exact) mass is 478 g/mol. The lowest BCUT2D eigenvalue weighted by molar-refractivity contribution is 0.340. The highest BCUT2D eigenvalue weighted by atomic mass is 79.9. The molecule has 2 heterocycles. The Morgan fingerprint density at radius 2 is 1.94 bits per heavy atom. The van der Waals surface area contributed by atoms with Crippen LogP contribution >= 0.6 is 15.9 Å². The Kier molecular flexibility index (Phi) is 6.32. The van der Waals surface area contributed by atoms with Gasteiger partial charge in [-0.3, -0.25) is 4.79 Å². The van der Waals surface area contributed by atoms with Gasteiger partial charge in [-0.2, -0.15) is 9.78 Å².